The van der Waals surface area contributed by atoms with Crippen molar-refractivity contribution in [2.75, 3.05) is 0 Å². The van der Waals surface area contributed by atoms with Crippen LogP contribution in [-0.4, -0.2) is 16.3 Å². The third kappa shape index (κ3) is 3.67. The topological polar surface area (TPSA) is 61.1 Å². The van der Waals surface area contributed by atoms with Crippen molar-refractivity contribution >= 4 is 29.1 Å². The Morgan fingerprint density at radius 3 is 2.15 bits per heavy atom. The fourth-order valence-corrected chi connectivity index (χ4v) is 5.25. The summed E-state index contributed by atoms with van der Waals surface area (Å²) >= 11 is 2.71. The van der Waals surface area contributed by atoms with Gasteiger partial charge in [-0.25, -0.2) is 4.79 Å². The predicted molar refractivity (Wildman–Crippen MR) is 108 cm³/mol. The Labute approximate surface area is 160 Å². The van der Waals surface area contributed by atoms with Gasteiger partial charge < -0.3 is 5.11 Å². The highest BCUT2D eigenvalue weighted by molar-refractivity contribution is 8.01. The molecule has 3 rings (SSSR count). The molecule has 0 aliphatic carbocycles. The van der Waals surface area contributed by atoms with Gasteiger partial charge in [-0.05, 0) is 16.7 Å². The molecule has 130 valence electrons. The number of hydrogen-bond acceptors (Lipinski definition) is 4. The molecule has 0 atom stereocenters. The first-order chi connectivity index (χ1) is 12.5. The van der Waals surface area contributed by atoms with Gasteiger partial charge in [-0.15, -0.1) is 23.1 Å². The molecule has 26 heavy (non-hydrogen) atoms. The number of nitrogens with zero attached hydrogens (tertiary/aromatic N) is 1. The smallest absolute Gasteiger partial charge is 0.346 e. The summed E-state index contributed by atoms with van der Waals surface area (Å²) in [6, 6.07) is 19.9. The molecule has 0 aliphatic heterocycles. The summed E-state index contributed by atoms with van der Waals surface area (Å²) in [5, 5.41) is 19.5. The van der Waals surface area contributed by atoms with E-state index < -0.39 is 5.97 Å². The summed E-state index contributed by atoms with van der Waals surface area (Å²) in [6.07, 6.45) is 0. The largest absolute Gasteiger partial charge is 0.477 e. The molecule has 0 saturated carbocycles. The van der Waals surface area contributed by atoms with Crippen LogP contribution >= 0.6 is 23.1 Å². The minimum Gasteiger partial charge on any atom is -0.477 e. The van der Waals surface area contributed by atoms with Crippen molar-refractivity contribution in [2.24, 2.45) is 0 Å². The molecule has 1 aromatic heterocycles. The number of thiophene rings is 1. The second-order valence-corrected chi connectivity index (χ2v) is 8.86. The zero-order valence-electron chi connectivity index (χ0n) is 14.4. The maximum Gasteiger partial charge on any atom is 0.346 e. The van der Waals surface area contributed by atoms with E-state index in [1.807, 2.05) is 68.4 Å². The van der Waals surface area contributed by atoms with E-state index in [9.17, 15) is 15.2 Å². The zero-order valence-corrected chi connectivity index (χ0v) is 16.0. The van der Waals surface area contributed by atoms with E-state index >= 15 is 0 Å². The Balaban J connectivity index is 2.09. The summed E-state index contributed by atoms with van der Waals surface area (Å²) < 4.78 is 0.766. The molecule has 0 radical (unpaired) electrons. The molecule has 0 bridgehead atoms. The molecule has 1 N–H and O–H groups in total. The van der Waals surface area contributed by atoms with Gasteiger partial charge in [0.15, 0.2) is 0 Å². The highest BCUT2D eigenvalue weighted by Crippen LogP contribution is 2.43. The lowest BCUT2D eigenvalue weighted by molar-refractivity contribution is 0.0703. The molecule has 0 aliphatic rings. The lowest BCUT2D eigenvalue weighted by Crippen LogP contribution is -1.95. The van der Waals surface area contributed by atoms with Crippen molar-refractivity contribution in [1.29, 1.82) is 5.26 Å². The number of nitriles is 1. The third-order valence-electron chi connectivity index (χ3n) is 3.81. The Kier molecular flexibility index (Phi) is 5.46. The first-order valence-corrected chi connectivity index (χ1v) is 9.83. The standard InChI is InChI=1S/C21H17NO2S2/c1-13(2)25-21-17(12-22)18(19(26-21)20(23)24)16-10-8-15(9-11-16)14-6-4-3-5-7-14/h3-11,13H,1-2H3,(H,23,24). The van der Waals surface area contributed by atoms with Crippen molar-refractivity contribution in [3.8, 4) is 28.3 Å². The van der Waals surface area contributed by atoms with Gasteiger partial charge >= 0.3 is 5.97 Å². The van der Waals surface area contributed by atoms with E-state index in [1.54, 1.807) is 0 Å². The van der Waals surface area contributed by atoms with Crippen LogP contribution in [0.15, 0.2) is 58.8 Å². The highest BCUT2D eigenvalue weighted by atomic mass is 32.2. The minimum absolute atomic E-state index is 0.220. The summed E-state index contributed by atoms with van der Waals surface area (Å²) in [7, 11) is 0. The summed E-state index contributed by atoms with van der Waals surface area (Å²) in [6.45, 7) is 4.06. The number of carboxylic acids is 1. The number of benzene rings is 2. The molecule has 1 heterocycles. The molecular formula is C21H17NO2S2. The van der Waals surface area contributed by atoms with Crippen LogP contribution in [0.2, 0.25) is 0 Å². The van der Waals surface area contributed by atoms with Gasteiger partial charge in [-0.3, -0.25) is 0 Å². The average molecular weight is 380 g/mol. The van der Waals surface area contributed by atoms with Gasteiger partial charge in [0.1, 0.15) is 10.9 Å². The van der Waals surface area contributed by atoms with Gasteiger partial charge in [0.2, 0.25) is 0 Å². The van der Waals surface area contributed by atoms with Crippen molar-refractivity contribution < 1.29 is 9.90 Å². The highest BCUT2D eigenvalue weighted by Gasteiger charge is 2.24. The van der Waals surface area contributed by atoms with Crippen molar-refractivity contribution in [2.45, 2.75) is 23.3 Å². The fraction of sp³-hybridized carbons (Fsp3) is 0.143. The molecule has 0 saturated heterocycles. The Hall–Kier alpha value is -2.55. The van der Waals surface area contributed by atoms with E-state index in [-0.39, 0.29) is 10.1 Å². The number of aromatic carboxylic acids is 1. The van der Waals surface area contributed by atoms with Gasteiger partial charge in [-0.2, -0.15) is 5.26 Å². The lowest BCUT2D eigenvalue weighted by atomic mass is 9.98. The SMILES string of the molecule is CC(C)Sc1sc(C(=O)O)c(-c2ccc(-c3ccccc3)cc2)c1C#N. The van der Waals surface area contributed by atoms with Crippen LogP contribution in [-0.2, 0) is 0 Å². The predicted octanol–water partition coefficient (Wildman–Crippen LogP) is 6.15. The lowest BCUT2D eigenvalue weighted by Gasteiger charge is -2.06. The van der Waals surface area contributed by atoms with Gasteiger partial charge in [0, 0.05) is 10.8 Å². The van der Waals surface area contributed by atoms with E-state index in [4.69, 9.17) is 0 Å². The molecule has 0 spiro atoms. The molecule has 0 unspecified atom stereocenters. The van der Waals surface area contributed by atoms with Crippen LogP contribution in [0.5, 0.6) is 0 Å². The summed E-state index contributed by atoms with van der Waals surface area (Å²) in [5.74, 6) is -0.996. The van der Waals surface area contributed by atoms with Crippen LogP contribution in [0.4, 0.5) is 0 Å². The quantitative estimate of drug-likeness (QED) is 0.540. The van der Waals surface area contributed by atoms with Gasteiger partial charge in [0.05, 0.1) is 9.77 Å². The normalized spacial score (nSPS) is 10.7. The second kappa shape index (κ2) is 7.77. The van der Waals surface area contributed by atoms with E-state index in [0.29, 0.717) is 11.1 Å². The van der Waals surface area contributed by atoms with E-state index in [1.165, 1.54) is 23.1 Å². The van der Waals surface area contributed by atoms with E-state index in [0.717, 1.165) is 20.9 Å². The minimum atomic E-state index is -0.996. The molecular weight excluding hydrogens is 362 g/mol. The average Bonchev–Trinajstić information content (AvgIpc) is 3.00. The van der Waals surface area contributed by atoms with Crippen molar-refractivity contribution in [1.82, 2.24) is 0 Å². The summed E-state index contributed by atoms with van der Waals surface area (Å²) in [4.78, 5) is 12.0. The number of hydrogen-bond donors (Lipinski definition) is 1. The van der Waals surface area contributed by atoms with Crippen molar-refractivity contribution in [3.63, 3.8) is 0 Å². The Bertz CT molecular complexity index is 968. The monoisotopic (exact) mass is 379 g/mol. The Morgan fingerprint density at radius 2 is 1.62 bits per heavy atom. The Morgan fingerprint density at radius 1 is 1.04 bits per heavy atom. The van der Waals surface area contributed by atoms with E-state index in [2.05, 4.69) is 6.07 Å². The maximum absolute atomic E-state index is 11.7. The first-order valence-electron chi connectivity index (χ1n) is 8.14. The fourth-order valence-electron chi connectivity index (χ4n) is 2.69. The molecule has 0 amide bonds. The van der Waals surface area contributed by atoms with Crippen LogP contribution in [0.1, 0.15) is 29.1 Å². The second-order valence-electron chi connectivity index (χ2n) is 6.00. The number of carbonyl (C=O) groups is 1. The maximum atomic E-state index is 11.7. The van der Waals surface area contributed by atoms with Crippen molar-refractivity contribution in [3.05, 3.63) is 65.0 Å². The molecule has 5 heteroatoms. The number of thioether (sulfide) groups is 1. The van der Waals surface area contributed by atoms with Crippen LogP contribution < -0.4 is 0 Å². The van der Waals surface area contributed by atoms with Gasteiger partial charge in [-0.1, -0.05) is 68.4 Å². The number of rotatable bonds is 5. The van der Waals surface area contributed by atoms with Crippen LogP contribution in [0, 0.1) is 11.3 Å². The third-order valence-corrected chi connectivity index (χ3v) is 6.21. The molecule has 0 fully saturated rings. The van der Waals surface area contributed by atoms with Crippen LogP contribution in [0.25, 0.3) is 22.3 Å². The summed E-state index contributed by atoms with van der Waals surface area (Å²) in [5.41, 5.74) is 3.88. The number of carboxylic acid groups (broad SMARTS) is 1. The molecule has 3 nitrogen and oxygen atoms in total. The van der Waals surface area contributed by atoms with Gasteiger partial charge in [0.25, 0.3) is 0 Å². The molecule has 3 aromatic rings. The van der Waals surface area contributed by atoms with Crippen LogP contribution in [0.3, 0.4) is 0 Å². The first kappa shape index (κ1) is 18.2. The molecule has 2 aromatic carbocycles. The zero-order chi connectivity index (χ0) is 18.7.